The topological polar surface area (TPSA) is 15.3 Å². The minimum absolute atomic E-state index is 0.552. The first-order chi connectivity index (χ1) is 9.67. The number of anilines is 1. The molecule has 2 nitrogen and oxygen atoms in total. The Labute approximate surface area is 123 Å². The van der Waals surface area contributed by atoms with Crippen LogP contribution in [0, 0.1) is 5.41 Å². The highest BCUT2D eigenvalue weighted by molar-refractivity contribution is 5.51. The summed E-state index contributed by atoms with van der Waals surface area (Å²) in [6.45, 7) is 7.94. The van der Waals surface area contributed by atoms with Crippen LogP contribution in [0.3, 0.4) is 0 Å². The summed E-state index contributed by atoms with van der Waals surface area (Å²) in [4.78, 5) is 2.56. The highest BCUT2D eigenvalue weighted by Gasteiger charge is 2.43. The third kappa shape index (κ3) is 3.01. The van der Waals surface area contributed by atoms with Crippen LogP contribution in [0.4, 0.5) is 5.69 Å². The van der Waals surface area contributed by atoms with E-state index in [-0.39, 0.29) is 0 Å². The summed E-state index contributed by atoms with van der Waals surface area (Å²) in [5, 5.41) is 3.47. The van der Waals surface area contributed by atoms with Crippen LogP contribution < -0.4 is 10.2 Å². The van der Waals surface area contributed by atoms with Crippen molar-refractivity contribution in [3.8, 4) is 0 Å². The monoisotopic (exact) mass is 272 g/mol. The molecule has 110 valence electrons. The van der Waals surface area contributed by atoms with E-state index in [2.05, 4.69) is 48.3 Å². The van der Waals surface area contributed by atoms with E-state index in [1.165, 1.54) is 56.4 Å². The van der Waals surface area contributed by atoms with Gasteiger partial charge in [-0.2, -0.15) is 0 Å². The fraction of sp³-hybridized carbons (Fsp3) is 0.667. The summed E-state index contributed by atoms with van der Waals surface area (Å²) in [7, 11) is 0. The van der Waals surface area contributed by atoms with E-state index < -0.39 is 0 Å². The number of nitrogens with one attached hydrogen (secondary N) is 1. The van der Waals surface area contributed by atoms with E-state index in [0.717, 1.165) is 6.54 Å². The predicted octanol–water partition coefficient (Wildman–Crippen LogP) is 3.96. The Hall–Kier alpha value is -1.02. The van der Waals surface area contributed by atoms with E-state index in [0.29, 0.717) is 11.5 Å². The Morgan fingerprint density at radius 2 is 1.70 bits per heavy atom. The van der Waals surface area contributed by atoms with Crippen LogP contribution in [0.5, 0.6) is 0 Å². The van der Waals surface area contributed by atoms with E-state index in [1.807, 2.05) is 0 Å². The molecule has 1 aromatic rings. The molecule has 20 heavy (non-hydrogen) atoms. The molecule has 1 heterocycles. The lowest BCUT2D eigenvalue weighted by Gasteiger charge is -2.53. The van der Waals surface area contributed by atoms with Crippen molar-refractivity contribution in [3.05, 3.63) is 29.8 Å². The Morgan fingerprint density at radius 1 is 1.05 bits per heavy atom. The summed E-state index contributed by atoms with van der Waals surface area (Å²) in [5.74, 6) is 0. The Kier molecular flexibility index (Phi) is 4.02. The molecule has 0 amide bonds. The van der Waals surface area contributed by atoms with E-state index >= 15 is 0 Å². The van der Waals surface area contributed by atoms with Gasteiger partial charge in [-0.05, 0) is 30.5 Å². The molecule has 1 N–H and O–H groups in total. The highest BCUT2D eigenvalue weighted by atomic mass is 15.2. The molecule has 0 radical (unpaired) electrons. The summed E-state index contributed by atoms with van der Waals surface area (Å²) < 4.78 is 0. The standard InChI is InChI=1S/C18H28N2/c1-15(2)19-12-16-6-8-17(9-7-16)20-13-18(14-20)10-4-3-5-11-18/h6-9,15,19H,3-5,10-14H2,1-2H3. The fourth-order valence-electron chi connectivity index (χ4n) is 3.71. The van der Waals surface area contributed by atoms with Gasteiger partial charge in [0.15, 0.2) is 0 Å². The van der Waals surface area contributed by atoms with Gasteiger partial charge >= 0.3 is 0 Å². The summed E-state index contributed by atoms with van der Waals surface area (Å²) in [5.41, 5.74) is 3.47. The smallest absolute Gasteiger partial charge is 0.0366 e. The van der Waals surface area contributed by atoms with Gasteiger partial charge in [0, 0.05) is 36.8 Å². The zero-order valence-corrected chi connectivity index (χ0v) is 13.0. The molecule has 1 aromatic carbocycles. The van der Waals surface area contributed by atoms with E-state index in [1.54, 1.807) is 0 Å². The largest absolute Gasteiger partial charge is 0.370 e. The summed E-state index contributed by atoms with van der Waals surface area (Å²) in [6, 6.07) is 9.70. The molecule has 1 aliphatic heterocycles. The summed E-state index contributed by atoms with van der Waals surface area (Å²) >= 11 is 0. The molecule has 2 aliphatic rings. The van der Waals surface area contributed by atoms with Crippen LogP contribution in [0.25, 0.3) is 0 Å². The van der Waals surface area contributed by atoms with Crippen molar-refractivity contribution in [1.29, 1.82) is 0 Å². The zero-order valence-electron chi connectivity index (χ0n) is 13.0. The van der Waals surface area contributed by atoms with Gasteiger partial charge in [0.05, 0.1) is 0 Å². The lowest BCUT2D eigenvalue weighted by molar-refractivity contribution is 0.139. The van der Waals surface area contributed by atoms with Crippen LogP contribution in [0.15, 0.2) is 24.3 Å². The van der Waals surface area contributed by atoms with Crippen molar-refractivity contribution in [1.82, 2.24) is 5.32 Å². The van der Waals surface area contributed by atoms with Crippen molar-refractivity contribution >= 4 is 5.69 Å². The molecule has 3 rings (SSSR count). The molecule has 1 saturated heterocycles. The third-order valence-corrected chi connectivity index (χ3v) is 4.98. The van der Waals surface area contributed by atoms with Crippen LogP contribution in [-0.4, -0.2) is 19.1 Å². The maximum absolute atomic E-state index is 3.47. The van der Waals surface area contributed by atoms with Gasteiger partial charge in [0.2, 0.25) is 0 Å². The minimum Gasteiger partial charge on any atom is -0.370 e. The number of hydrogen-bond acceptors (Lipinski definition) is 2. The SMILES string of the molecule is CC(C)NCc1ccc(N2CC3(CCCCC3)C2)cc1. The van der Waals surface area contributed by atoms with Gasteiger partial charge in [-0.3, -0.25) is 0 Å². The second-order valence-electron chi connectivity index (χ2n) is 7.12. The molecule has 0 aromatic heterocycles. The average Bonchev–Trinajstić information content (AvgIpc) is 2.44. The molecule has 1 spiro atoms. The second-order valence-corrected chi connectivity index (χ2v) is 7.12. The molecule has 2 fully saturated rings. The van der Waals surface area contributed by atoms with Gasteiger partial charge in [-0.1, -0.05) is 45.2 Å². The third-order valence-electron chi connectivity index (χ3n) is 4.98. The number of benzene rings is 1. The highest BCUT2D eigenvalue weighted by Crippen LogP contribution is 2.45. The maximum atomic E-state index is 3.47. The van der Waals surface area contributed by atoms with Gasteiger partial charge in [0.25, 0.3) is 0 Å². The second kappa shape index (κ2) is 5.77. The number of rotatable bonds is 4. The lowest BCUT2D eigenvalue weighted by atomic mass is 9.68. The van der Waals surface area contributed by atoms with Crippen LogP contribution in [-0.2, 0) is 6.54 Å². The lowest BCUT2D eigenvalue weighted by Crippen LogP contribution is -2.57. The normalized spacial score (nSPS) is 21.2. The molecule has 1 saturated carbocycles. The van der Waals surface area contributed by atoms with Gasteiger partial charge < -0.3 is 10.2 Å². The first-order valence-electron chi connectivity index (χ1n) is 8.24. The number of nitrogens with zero attached hydrogens (tertiary/aromatic N) is 1. The van der Waals surface area contributed by atoms with Crippen molar-refractivity contribution < 1.29 is 0 Å². The zero-order chi connectivity index (χ0) is 14.0. The molecule has 0 atom stereocenters. The molecule has 0 unspecified atom stereocenters. The maximum Gasteiger partial charge on any atom is 0.0366 e. The van der Waals surface area contributed by atoms with Crippen molar-refractivity contribution in [3.63, 3.8) is 0 Å². The molecular weight excluding hydrogens is 244 g/mol. The molecule has 0 bridgehead atoms. The first-order valence-corrected chi connectivity index (χ1v) is 8.24. The average molecular weight is 272 g/mol. The van der Waals surface area contributed by atoms with Crippen LogP contribution in [0.1, 0.15) is 51.5 Å². The molecular formula is C18H28N2. The summed E-state index contributed by atoms with van der Waals surface area (Å²) in [6.07, 6.45) is 7.28. The first kappa shape index (κ1) is 13.9. The molecule has 1 aliphatic carbocycles. The Bertz CT molecular complexity index is 421. The minimum atomic E-state index is 0.552. The molecule has 2 heteroatoms. The van der Waals surface area contributed by atoms with Gasteiger partial charge in [-0.25, -0.2) is 0 Å². The van der Waals surface area contributed by atoms with E-state index in [9.17, 15) is 0 Å². The van der Waals surface area contributed by atoms with Crippen LogP contribution in [0.2, 0.25) is 0 Å². The van der Waals surface area contributed by atoms with Crippen molar-refractivity contribution in [2.75, 3.05) is 18.0 Å². The quantitative estimate of drug-likeness (QED) is 0.892. The Morgan fingerprint density at radius 3 is 2.30 bits per heavy atom. The van der Waals surface area contributed by atoms with Crippen molar-refractivity contribution in [2.24, 2.45) is 5.41 Å². The Balaban J connectivity index is 1.54. The fourth-order valence-corrected chi connectivity index (χ4v) is 3.71. The van der Waals surface area contributed by atoms with Crippen LogP contribution >= 0.6 is 0 Å². The van der Waals surface area contributed by atoms with Gasteiger partial charge in [-0.15, -0.1) is 0 Å². The van der Waals surface area contributed by atoms with Gasteiger partial charge in [0.1, 0.15) is 0 Å². The van der Waals surface area contributed by atoms with Crippen molar-refractivity contribution in [2.45, 2.75) is 58.5 Å². The van der Waals surface area contributed by atoms with E-state index in [4.69, 9.17) is 0 Å². The number of hydrogen-bond donors (Lipinski definition) is 1. The predicted molar refractivity (Wildman–Crippen MR) is 86.1 cm³/mol.